The van der Waals surface area contributed by atoms with E-state index in [0.29, 0.717) is 36.5 Å². The second-order valence-corrected chi connectivity index (χ2v) is 19.2. The lowest BCUT2D eigenvalue weighted by Gasteiger charge is -2.40. The molecule has 5 nitrogen and oxygen atoms in total. The first-order chi connectivity index (χ1) is 21.4. The van der Waals surface area contributed by atoms with Crippen LogP contribution in [0.5, 0.6) is 0 Å². The number of aliphatic hydroxyl groups is 1. The number of esters is 1. The molecule has 45 heavy (non-hydrogen) atoms. The van der Waals surface area contributed by atoms with E-state index in [0.717, 1.165) is 76.3 Å². The lowest BCUT2D eigenvalue weighted by molar-refractivity contribution is -0.140. The third-order valence-electron chi connectivity index (χ3n) is 10.0. The fraction of sp³-hybridized carbons (Fsp3) is 0.744. The van der Waals surface area contributed by atoms with Gasteiger partial charge in [0.15, 0.2) is 8.32 Å². The highest BCUT2D eigenvalue weighted by Crippen LogP contribution is 2.43. The van der Waals surface area contributed by atoms with Crippen molar-refractivity contribution < 1.29 is 23.9 Å². The van der Waals surface area contributed by atoms with Crippen LogP contribution in [0.1, 0.15) is 130 Å². The maximum absolute atomic E-state index is 13.7. The van der Waals surface area contributed by atoms with Gasteiger partial charge in [-0.1, -0.05) is 110 Å². The predicted octanol–water partition coefficient (Wildman–Crippen LogP) is 9.79. The van der Waals surface area contributed by atoms with Gasteiger partial charge in [-0.3, -0.25) is 9.59 Å². The molecule has 0 bridgehead atoms. The third kappa shape index (κ3) is 13.5. The second kappa shape index (κ2) is 19.8. The molecule has 6 heteroatoms. The Morgan fingerprint density at radius 2 is 1.71 bits per heavy atom. The minimum Gasteiger partial charge on any atom is -0.469 e. The van der Waals surface area contributed by atoms with Gasteiger partial charge >= 0.3 is 5.97 Å². The molecule has 1 aromatic rings. The topological polar surface area (TPSA) is 72.8 Å². The molecule has 0 heterocycles. The van der Waals surface area contributed by atoms with E-state index in [4.69, 9.17) is 9.16 Å². The van der Waals surface area contributed by atoms with Crippen molar-refractivity contribution in [2.24, 2.45) is 17.8 Å². The summed E-state index contributed by atoms with van der Waals surface area (Å²) in [6.07, 6.45) is 15.3. The molecule has 0 spiro atoms. The largest absolute Gasteiger partial charge is 0.469 e. The zero-order valence-electron chi connectivity index (χ0n) is 30.0. The van der Waals surface area contributed by atoms with Crippen LogP contribution in [-0.4, -0.2) is 44.0 Å². The quantitative estimate of drug-likeness (QED) is 0.0590. The highest BCUT2D eigenvalue weighted by Gasteiger charge is 2.47. The summed E-state index contributed by atoms with van der Waals surface area (Å²) >= 11 is 0. The molecule has 1 aliphatic rings. The number of unbranched alkanes of at least 4 members (excludes halogenated alkanes) is 4. The van der Waals surface area contributed by atoms with Gasteiger partial charge in [0.1, 0.15) is 5.78 Å². The smallest absolute Gasteiger partial charge is 0.305 e. The van der Waals surface area contributed by atoms with Crippen molar-refractivity contribution in [1.82, 2.24) is 0 Å². The Morgan fingerprint density at radius 1 is 1.04 bits per heavy atom. The summed E-state index contributed by atoms with van der Waals surface area (Å²) in [6, 6.07) is 11.2. The van der Waals surface area contributed by atoms with Crippen molar-refractivity contribution in [3.8, 4) is 0 Å². The fourth-order valence-electron chi connectivity index (χ4n) is 7.08. The summed E-state index contributed by atoms with van der Waals surface area (Å²) in [5, 5.41) is 11.0. The molecule has 0 radical (unpaired) electrons. The Balaban J connectivity index is 2.27. The SMILES string of the molecule is CCCCC(C)(O)C/C=C/[C@H]1[C@H](O[Si](CCc2ccc(CC)cc2)(CC(C)C)C(C)C)CC(=O)[C@@H]1CCCCCCC(=O)OC. The molecular weight excluding hydrogens is 577 g/mol. The summed E-state index contributed by atoms with van der Waals surface area (Å²) in [7, 11) is -0.807. The molecule has 0 amide bonds. The van der Waals surface area contributed by atoms with E-state index < -0.39 is 13.9 Å². The first-order valence-electron chi connectivity index (χ1n) is 18.1. The Bertz CT molecular complexity index is 1030. The van der Waals surface area contributed by atoms with Crippen molar-refractivity contribution in [2.45, 2.75) is 161 Å². The van der Waals surface area contributed by atoms with Gasteiger partial charge in [0, 0.05) is 24.7 Å². The van der Waals surface area contributed by atoms with Crippen LogP contribution in [-0.2, 0) is 31.6 Å². The number of carbonyl (C=O) groups is 2. The number of Topliss-reactive ketones (excluding diaryl/α,β-unsaturated/α-hetero) is 1. The molecule has 256 valence electrons. The molecule has 1 saturated carbocycles. The number of aryl methyl sites for hydroxylation is 2. The molecule has 1 N–H and O–H groups in total. The maximum Gasteiger partial charge on any atom is 0.305 e. The summed E-state index contributed by atoms with van der Waals surface area (Å²) in [6.45, 7) is 15.6. The molecule has 2 rings (SSSR count). The molecule has 1 aliphatic carbocycles. The van der Waals surface area contributed by atoms with Crippen LogP contribution in [0, 0.1) is 17.8 Å². The fourth-order valence-corrected chi connectivity index (χ4v) is 11.8. The lowest BCUT2D eigenvalue weighted by Crippen LogP contribution is -2.47. The first-order valence-corrected chi connectivity index (χ1v) is 20.5. The van der Waals surface area contributed by atoms with E-state index >= 15 is 0 Å². The van der Waals surface area contributed by atoms with E-state index in [1.165, 1.54) is 18.2 Å². The van der Waals surface area contributed by atoms with Gasteiger partial charge in [0.05, 0.1) is 18.8 Å². The van der Waals surface area contributed by atoms with Gasteiger partial charge in [-0.05, 0) is 80.1 Å². The molecule has 0 aliphatic heterocycles. The number of carbonyl (C=O) groups excluding carboxylic acids is 2. The second-order valence-electron chi connectivity index (χ2n) is 14.8. The number of ketones is 1. The molecule has 1 aromatic carbocycles. The van der Waals surface area contributed by atoms with Crippen molar-refractivity contribution in [3.63, 3.8) is 0 Å². The Kier molecular flexibility index (Phi) is 17.3. The summed E-state index contributed by atoms with van der Waals surface area (Å²) in [5.74, 6) is 0.691. The average Bonchev–Trinajstić information content (AvgIpc) is 3.28. The lowest BCUT2D eigenvalue weighted by atomic mass is 9.87. The minimum atomic E-state index is -2.24. The third-order valence-corrected chi connectivity index (χ3v) is 15.5. The van der Waals surface area contributed by atoms with E-state index in [1.54, 1.807) is 0 Å². The zero-order chi connectivity index (χ0) is 33.5. The molecular formula is C39H66O5Si. The van der Waals surface area contributed by atoms with E-state index in [1.807, 2.05) is 6.92 Å². The summed E-state index contributed by atoms with van der Waals surface area (Å²) in [4.78, 5) is 25.1. The Morgan fingerprint density at radius 3 is 2.31 bits per heavy atom. The number of benzene rings is 1. The van der Waals surface area contributed by atoms with Gasteiger partial charge in [0.25, 0.3) is 0 Å². The highest BCUT2D eigenvalue weighted by atomic mass is 28.4. The number of rotatable bonds is 22. The molecule has 2 unspecified atom stereocenters. The monoisotopic (exact) mass is 642 g/mol. The molecule has 0 saturated heterocycles. The van der Waals surface area contributed by atoms with E-state index in [-0.39, 0.29) is 23.9 Å². The van der Waals surface area contributed by atoms with Crippen LogP contribution in [0.25, 0.3) is 0 Å². The normalized spacial score (nSPS) is 21.5. The van der Waals surface area contributed by atoms with Crippen LogP contribution >= 0.6 is 0 Å². The Labute approximate surface area is 277 Å². The van der Waals surface area contributed by atoms with E-state index in [9.17, 15) is 14.7 Å². The van der Waals surface area contributed by atoms with Gasteiger partial charge in [-0.15, -0.1) is 0 Å². The number of hydrogen-bond donors (Lipinski definition) is 1. The number of ether oxygens (including phenoxy) is 1. The maximum atomic E-state index is 13.7. The highest BCUT2D eigenvalue weighted by molar-refractivity contribution is 6.75. The van der Waals surface area contributed by atoms with Gasteiger partial charge in [-0.25, -0.2) is 0 Å². The van der Waals surface area contributed by atoms with E-state index in [2.05, 4.69) is 78.0 Å². The average molecular weight is 643 g/mol. The Hall–Kier alpha value is -1.76. The van der Waals surface area contributed by atoms with Gasteiger partial charge < -0.3 is 14.3 Å². The van der Waals surface area contributed by atoms with Gasteiger partial charge in [-0.2, -0.15) is 0 Å². The van der Waals surface area contributed by atoms with Crippen molar-refractivity contribution in [1.29, 1.82) is 0 Å². The number of methoxy groups -OCH3 is 1. The molecule has 0 aromatic heterocycles. The zero-order valence-corrected chi connectivity index (χ0v) is 31.0. The minimum absolute atomic E-state index is 0.0381. The van der Waals surface area contributed by atoms with Crippen LogP contribution < -0.4 is 0 Å². The number of hydrogen-bond acceptors (Lipinski definition) is 5. The molecule has 5 atom stereocenters. The molecule has 1 fully saturated rings. The van der Waals surface area contributed by atoms with Crippen LogP contribution in [0.2, 0.25) is 17.6 Å². The predicted molar refractivity (Wildman–Crippen MR) is 190 cm³/mol. The standard InChI is InChI=1S/C39H66O5Si/c1-9-11-25-39(7,42)26-16-18-35-34(17-14-12-13-15-19-38(41)43-8)36(40)28-37(35)44-45(31(5)6,29-30(3)4)27-24-33-22-20-32(10-2)21-23-33/h16,18,20-23,30-31,34-35,37,42H,9-15,17,19,24-29H2,1-8H3/b18-16+/t34-,35-,37-,39?,45?/m1/s1. The van der Waals surface area contributed by atoms with Crippen LogP contribution in [0.4, 0.5) is 0 Å². The summed E-state index contributed by atoms with van der Waals surface area (Å²) < 4.78 is 12.2. The first kappa shape index (κ1) is 39.4. The van der Waals surface area contributed by atoms with Crippen LogP contribution in [0.3, 0.4) is 0 Å². The van der Waals surface area contributed by atoms with Gasteiger partial charge in [0.2, 0.25) is 0 Å². The van der Waals surface area contributed by atoms with Crippen LogP contribution in [0.15, 0.2) is 36.4 Å². The van der Waals surface area contributed by atoms with Crippen molar-refractivity contribution in [3.05, 3.63) is 47.5 Å². The summed E-state index contributed by atoms with van der Waals surface area (Å²) in [5.41, 5.74) is 2.45. The van der Waals surface area contributed by atoms with Crippen molar-refractivity contribution in [2.75, 3.05) is 7.11 Å². The van der Waals surface area contributed by atoms with Crippen molar-refractivity contribution >= 4 is 20.1 Å².